The van der Waals surface area contributed by atoms with Gasteiger partial charge in [0.15, 0.2) is 0 Å². The number of hydrogen-bond acceptors (Lipinski definition) is 4. The first-order valence-corrected chi connectivity index (χ1v) is 8.99. The average Bonchev–Trinajstić information content (AvgIpc) is 3.22. The molecule has 138 valence electrons. The van der Waals surface area contributed by atoms with E-state index in [0.717, 1.165) is 28.1 Å². The summed E-state index contributed by atoms with van der Waals surface area (Å²) in [5.74, 6) is -0.0770. The number of benzene rings is 2. The van der Waals surface area contributed by atoms with Gasteiger partial charge in [0.2, 0.25) is 5.91 Å². The Morgan fingerprint density at radius 2 is 1.75 bits per heavy atom. The maximum Gasteiger partial charge on any atom is 0.241 e. The van der Waals surface area contributed by atoms with Gasteiger partial charge in [-0.3, -0.25) is 19.4 Å². The van der Waals surface area contributed by atoms with Crippen LogP contribution in [0.4, 0.5) is 0 Å². The van der Waals surface area contributed by atoms with E-state index in [-0.39, 0.29) is 12.5 Å². The van der Waals surface area contributed by atoms with Gasteiger partial charge in [0.05, 0.1) is 17.6 Å². The first-order chi connectivity index (χ1) is 13.8. The zero-order valence-electron chi connectivity index (χ0n) is 15.2. The second kappa shape index (κ2) is 8.26. The summed E-state index contributed by atoms with van der Waals surface area (Å²) in [4.78, 5) is 20.6. The van der Waals surface area contributed by atoms with Crippen LogP contribution in [-0.4, -0.2) is 25.7 Å². The number of carbonyl (C=O) groups is 1. The van der Waals surface area contributed by atoms with Gasteiger partial charge >= 0.3 is 0 Å². The molecule has 0 unspecified atom stereocenters. The van der Waals surface area contributed by atoms with Crippen LogP contribution in [-0.2, 0) is 17.9 Å². The molecular formula is C22H19N5O. The molecule has 4 aromatic rings. The van der Waals surface area contributed by atoms with Gasteiger partial charge in [-0.25, -0.2) is 0 Å². The van der Waals surface area contributed by atoms with Gasteiger partial charge in [0, 0.05) is 36.3 Å². The van der Waals surface area contributed by atoms with E-state index in [1.807, 2.05) is 66.9 Å². The maximum atomic E-state index is 12.2. The largest absolute Gasteiger partial charge is 0.350 e. The minimum absolute atomic E-state index is 0.0770. The summed E-state index contributed by atoms with van der Waals surface area (Å²) < 4.78 is 1.64. The molecule has 1 N–H and O–H groups in total. The van der Waals surface area contributed by atoms with Crippen LogP contribution in [0.1, 0.15) is 5.56 Å². The first kappa shape index (κ1) is 17.6. The Bertz CT molecular complexity index is 1060. The third-order valence-corrected chi connectivity index (χ3v) is 4.30. The highest BCUT2D eigenvalue weighted by atomic mass is 16.2. The Morgan fingerprint density at radius 1 is 0.929 bits per heavy atom. The Morgan fingerprint density at radius 3 is 2.54 bits per heavy atom. The average molecular weight is 369 g/mol. The normalized spacial score (nSPS) is 10.6. The highest BCUT2D eigenvalue weighted by molar-refractivity contribution is 5.75. The highest BCUT2D eigenvalue weighted by Crippen LogP contribution is 2.23. The van der Waals surface area contributed by atoms with Crippen LogP contribution in [0.2, 0.25) is 0 Å². The van der Waals surface area contributed by atoms with Gasteiger partial charge in [0.25, 0.3) is 0 Å². The number of amides is 1. The van der Waals surface area contributed by atoms with Crippen molar-refractivity contribution in [2.75, 3.05) is 0 Å². The van der Waals surface area contributed by atoms with Gasteiger partial charge in [-0.15, -0.1) is 0 Å². The minimum Gasteiger partial charge on any atom is -0.350 e. The Hall–Kier alpha value is -3.80. The highest BCUT2D eigenvalue weighted by Gasteiger charge is 2.08. The quantitative estimate of drug-likeness (QED) is 0.566. The summed E-state index contributed by atoms with van der Waals surface area (Å²) in [6, 6.07) is 19.7. The fourth-order valence-corrected chi connectivity index (χ4v) is 2.89. The number of hydrogen-bond donors (Lipinski definition) is 1. The lowest BCUT2D eigenvalue weighted by molar-refractivity contribution is -0.122. The van der Waals surface area contributed by atoms with E-state index < -0.39 is 0 Å². The number of rotatable bonds is 6. The second-order valence-electron chi connectivity index (χ2n) is 6.33. The summed E-state index contributed by atoms with van der Waals surface area (Å²) in [6.07, 6.45) is 6.86. The summed E-state index contributed by atoms with van der Waals surface area (Å²) in [5, 5.41) is 7.44. The molecule has 2 heterocycles. The molecule has 2 aromatic carbocycles. The lowest BCUT2D eigenvalue weighted by Gasteiger charge is -2.06. The number of carbonyl (C=O) groups excluding carboxylic acids is 1. The summed E-state index contributed by atoms with van der Waals surface area (Å²) in [5.41, 5.74) is 4.62. The molecule has 0 atom stereocenters. The van der Waals surface area contributed by atoms with Crippen molar-refractivity contribution in [2.24, 2.45) is 0 Å². The van der Waals surface area contributed by atoms with E-state index in [0.29, 0.717) is 6.54 Å². The minimum atomic E-state index is -0.0770. The van der Waals surface area contributed by atoms with E-state index in [1.165, 1.54) is 0 Å². The van der Waals surface area contributed by atoms with Crippen molar-refractivity contribution in [2.45, 2.75) is 13.1 Å². The molecule has 0 fully saturated rings. The molecule has 4 rings (SSSR count). The van der Waals surface area contributed by atoms with Crippen LogP contribution in [0.5, 0.6) is 0 Å². The fraction of sp³-hybridized carbons (Fsp3) is 0.0909. The zero-order valence-corrected chi connectivity index (χ0v) is 15.2. The third-order valence-electron chi connectivity index (χ3n) is 4.30. The van der Waals surface area contributed by atoms with Gasteiger partial charge < -0.3 is 5.32 Å². The molecule has 0 bridgehead atoms. The van der Waals surface area contributed by atoms with E-state index in [2.05, 4.69) is 20.4 Å². The molecule has 0 aliphatic rings. The van der Waals surface area contributed by atoms with Crippen molar-refractivity contribution in [1.29, 1.82) is 0 Å². The van der Waals surface area contributed by atoms with Gasteiger partial charge in [-0.05, 0) is 17.7 Å². The second-order valence-corrected chi connectivity index (χ2v) is 6.33. The molecule has 2 aromatic heterocycles. The fourth-order valence-electron chi connectivity index (χ4n) is 2.89. The number of nitrogens with zero attached hydrogens (tertiary/aromatic N) is 4. The Kier molecular flexibility index (Phi) is 5.20. The zero-order chi connectivity index (χ0) is 19.2. The van der Waals surface area contributed by atoms with E-state index >= 15 is 0 Å². The van der Waals surface area contributed by atoms with Crippen molar-refractivity contribution >= 4 is 5.91 Å². The van der Waals surface area contributed by atoms with Crippen LogP contribution >= 0.6 is 0 Å². The molecule has 6 nitrogen and oxygen atoms in total. The number of nitrogens with one attached hydrogen (secondary N) is 1. The Balaban J connectivity index is 1.42. The smallest absolute Gasteiger partial charge is 0.241 e. The van der Waals surface area contributed by atoms with Crippen molar-refractivity contribution < 1.29 is 4.79 Å². The molecule has 0 saturated heterocycles. The lowest BCUT2D eigenvalue weighted by Crippen LogP contribution is -2.27. The van der Waals surface area contributed by atoms with Crippen LogP contribution in [0.3, 0.4) is 0 Å². The van der Waals surface area contributed by atoms with Crippen LogP contribution in [0.25, 0.3) is 22.5 Å². The Labute approximate surface area is 162 Å². The standard InChI is InChI=1S/C22H19N5O/c28-22(25-14-17-5-2-1-3-6-17)16-27-12-9-20(26-27)18-7-4-8-19(13-18)21-15-23-10-11-24-21/h1-13,15H,14,16H2,(H,25,28). The van der Waals surface area contributed by atoms with Crippen molar-refractivity contribution in [1.82, 2.24) is 25.1 Å². The van der Waals surface area contributed by atoms with Gasteiger partial charge in [-0.1, -0.05) is 48.5 Å². The predicted molar refractivity (Wildman–Crippen MR) is 107 cm³/mol. The topological polar surface area (TPSA) is 72.7 Å². The lowest BCUT2D eigenvalue weighted by atomic mass is 10.1. The van der Waals surface area contributed by atoms with Crippen molar-refractivity contribution in [3.05, 3.63) is 91.0 Å². The van der Waals surface area contributed by atoms with E-state index in [4.69, 9.17) is 0 Å². The van der Waals surface area contributed by atoms with Crippen molar-refractivity contribution in [3.8, 4) is 22.5 Å². The third kappa shape index (κ3) is 4.29. The van der Waals surface area contributed by atoms with Gasteiger partial charge in [0.1, 0.15) is 6.54 Å². The molecule has 0 saturated carbocycles. The molecule has 6 heteroatoms. The molecule has 0 aliphatic heterocycles. The SMILES string of the molecule is O=C(Cn1ccc(-c2cccc(-c3cnccn3)c2)n1)NCc1ccccc1. The molecule has 1 amide bonds. The van der Waals surface area contributed by atoms with Crippen LogP contribution in [0.15, 0.2) is 85.5 Å². The monoisotopic (exact) mass is 369 g/mol. The molecule has 28 heavy (non-hydrogen) atoms. The molecule has 0 radical (unpaired) electrons. The van der Waals surface area contributed by atoms with Crippen molar-refractivity contribution in [3.63, 3.8) is 0 Å². The summed E-state index contributed by atoms with van der Waals surface area (Å²) in [7, 11) is 0. The summed E-state index contributed by atoms with van der Waals surface area (Å²) in [6.45, 7) is 0.685. The molecular weight excluding hydrogens is 350 g/mol. The number of aromatic nitrogens is 4. The van der Waals surface area contributed by atoms with E-state index in [1.54, 1.807) is 23.3 Å². The molecule has 0 spiro atoms. The van der Waals surface area contributed by atoms with Crippen LogP contribution < -0.4 is 5.32 Å². The maximum absolute atomic E-state index is 12.2. The first-order valence-electron chi connectivity index (χ1n) is 8.99. The predicted octanol–water partition coefficient (Wildman–Crippen LogP) is 3.32. The summed E-state index contributed by atoms with van der Waals surface area (Å²) >= 11 is 0. The van der Waals surface area contributed by atoms with E-state index in [9.17, 15) is 4.79 Å². The van der Waals surface area contributed by atoms with Gasteiger partial charge in [-0.2, -0.15) is 5.10 Å². The van der Waals surface area contributed by atoms with Crippen LogP contribution in [0, 0.1) is 0 Å². The molecule has 0 aliphatic carbocycles.